The molecule has 5 nitrogen and oxygen atoms in total. The molecule has 1 unspecified atom stereocenters. The Hall–Kier alpha value is -0.810. The van der Waals surface area contributed by atoms with Crippen molar-refractivity contribution < 1.29 is 9.53 Å². The van der Waals surface area contributed by atoms with Crippen LogP contribution in [0.25, 0.3) is 0 Å². The van der Waals surface area contributed by atoms with E-state index < -0.39 is 6.09 Å². The number of hydrazine groups is 1. The van der Waals surface area contributed by atoms with Gasteiger partial charge in [-0.15, -0.1) is 0 Å². The predicted octanol–water partition coefficient (Wildman–Crippen LogP) is -0.233. The molecule has 0 bridgehead atoms. The molecule has 4 N–H and O–H groups in total. The van der Waals surface area contributed by atoms with Crippen molar-refractivity contribution in [3.8, 4) is 0 Å². The quantitative estimate of drug-likeness (QED) is 0.518. The highest BCUT2D eigenvalue weighted by atomic mass is 16.6. The number of primary amides is 1. The molecule has 1 amide bonds. The first-order chi connectivity index (χ1) is 5.20. The van der Waals surface area contributed by atoms with Crippen LogP contribution in [0, 0.1) is 0 Å². The van der Waals surface area contributed by atoms with Crippen molar-refractivity contribution in [3.05, 3.63) is 0 Å². The van der Waals surface area contributed by atoms with E-state index in [0.29, 0.717) is 0 Å². The first-order valence-corrected chi connectivity index (χ1v) is 3.67. The lowest BCUT2D eigenvalue weighted by Gasteiger charge is -2.30. The van der Waals surface area contributed by atoms with Crippen LogP contribution in [-0.2, 0) is 4.74 Å². The van der Waals surface area contributed by atoms with Crippen LogP contribution in [0.5, 0.6) is 0 Å². The summed E-state index contributed by atoms with van der Waals surface area (Å²) >= 11 is 0. The van der Waals surface area contributed by atoms with Gasteiger partial charge in [0.25, 0.3) is 0 Å². The predicted molar refractivity (Wildman–Crippen MR) is 39.2 cm³/mol. The van der Waals surface area contributed by atoms with Crippen LogP contribution in [0.15, 0.2) is 0 Å². The smallest absolute Gasteiger partial charge is 0.406 e. The number of amides is 1. The molecule has 0 aromatic rings. The number of nitrogens with two attached hydrogens (primary N) is 2. The Balaban J connectivity index is 2.35. The van der Waals surface area contributed by atoms with Gasteiger partial charge in [-0.3, -0.25) is 5.84 Å². The summed E-state index contributed by atoms with van der Waals surface area (Å²) in [5, 5.41) is 1.51. The van der Waals surface area contributed by atoms with Gasteiger partial charge in [-0.2, -0.15) is 0 Å². The Morgan fingerprint density at radius 1 is 1.55 bits per heavy atom. The zero-order valence-corrected chi connectivity index (χ0v) is 6.32. The zero-order valence-electron chi connectivity index (χ0n) is 6.32. The maximum atomic E-state index is 10.3. The van der Waals surface area contributed by atoms with Gasteiger partial charge in [-0.1, -0.05) is 0 Å². The highest BCUT2D eigenvalue weighted by Gasteiger charge is 2.21. The third kappa shape index (κ3) is 2.36. The van der Waals surface area contributed by atoms with Crippen molar-refractivity contribution in [1.29, 1.82) is 0 Å². The number of rotatable bonds is 1. The Morgan fingerprint density at radius 3 is 2.82 bits per heavy atom. The van der Waals surface area contributed by atoms with Crippen LogP contribution >= 0.6 is 0 Å². The maximum Gasteiger partial charge on any atom is 0.406 e. The Labute approximate surface area is 65.2 Å². The molecule has 0 aromatic carbocycles. The minimum atomic E-state index is -0.757. The standard InChI is InChI=1S/C6H13N3O2/c7-6(10)11-5-3-1-2-4-9(5)8/h5H,1-4,8H2,(H2,7,10). The van der Waals surface area contributed by atoms with Gasteiger partial charge in [0.1, 0.15) is 0 Å². The molecule has 0 aliphatic carbocycles. The van der Waals surface area contributed by atoms with Crippen LogP contribution in [-0.4, -0.2) is 23.9 Å². The van der Waals surface area contributed by atoms with E-state index in [1.807, 2.05) is 0 Å². The van der Waals surface area contributed by atoms with Gasteiger partial charge >= 0.3 is 6.09 Å². The van der Waals surface area contributed by atoms with E-state index in [2.05, 4.69) is 0 Å². The Kier molecular flexibility index (Phi) is 2.67. The summed E-state index contributed by atoms with van der Waals surface area (Å²) in [7, 11) is 0. The van der Waals surface area contributed by atoms with Crippen molar-refractivity contribution >= 4 is 6.09 Å². The molecule has 1 aliphatic heterocycles. The third-order valence-corrected chi connectivity index (χ3v) is 1.74. The average Bonchev–Trinajstić information content (AvgIpc) is 1.93. The Bertz CT molecular complexity index is 151. The molecule has 0 spiro atoms. The topological polar surface area (TPSA) is 81.6 Å². The highest BCUT2D eigenvalue weighted by Crippen LogP contribution is 2.13. The lowest BCUT2D eigenvalue weighted by molar-refractivity contribution is -0.0339. The van der Waals surface area contributed by atoms with Crippen LogP contribution in [0.3, 0.4) is 0 Å². The summed E-state index contributed by atoms with van der Waals surface area (Å²) in [6.07, 6.45) is 1.79. The first kappa shape index (κ1) is 8.29. The monoisotopic (exact) mass is 159 g/mol. The van der Waals surface area contributed by atoms with Gasteiger partial charge in [0, 0.05) is 6.54 Å². The van der Waals surface area contributed by atoms with E-state index >= 15 is 0 Å². The number of hydrogen-bond donors (Lipinski definition) is 2. The van der Waals surface area contributed by atoms with Crippen molar-refractivity contribution in [2.45, 2.75) is 25.5 Å². The summed E-state index contributed by atoms with van der Waals surface area (Å²) in [5.74, 6) is 5.53. The lowest BCUT2D eigenvalue weighted by Crippen LogP contribution is -2.47. The summed E-state index contributed by atoms with van der Waals surface area (Å²) in [5.41, 5.74) is 4.84. The molecule has 0 aromatic heterocycles. The molecule has 0 saturated carbocycles. The van der Waals surface area contributed by atoms with E-state index in [1.165, 1.54) is 5.01 Å². The SMILES string of the molecule is NC(=O)OC1CCCCN1N. The number of nitrogens with zero attached hydrogens (tertiary/aromatic N) is 1. The fraction of sp³-hybridized carbons (Fsp3) is 0.833. The second-order valence-electron chi connectivity index (χ2n) is 2.63. The summed E-state index contributed by atoms with van der Waals surface area (Å²) in [4.78, 5) is 10.3. The molecule has 1 rings (SSSR count). The molecule has 11 heavy (non-hydrogen) atoms. The second kappa shape index (κ2) is 3.54. The number of hydrogen-bond acceptors (Lipinski definition) is 4. The zero-order chi connectivity index (χ0) is 8.27. The number of ether oxygens (including phenoxy) is 1. The average molecular weight is 159 g/mol. The van der Waals surface area contributed by atoms with Crippen molar-refractivity contribution in [2.24, 2.45) is 11.6 Å². The van der Waals surface area contributed by atoms with E-state index in [4.69, 9.17) is 16.3 Å². The largest absolute Gasteiger partial charge is 0.429 e. The van der Waals surface area contributed by atoms with Gasteiger partial charge in [0.15, 0.2) is 6.23 Å². The van der Waals surface area contributed by atoms with Gasteiger partial charge in [-0.05, 0) is 19.3 Å². The number of carbonyl (C=O) groups is 1. The normalized spacial score (nSPS) is 26.5. The molecular formula is C6H13N3O2. The van der Waals surface area contributed by atoms with Crippen LogP contribution in [0.2, 0.25) is 0 Å². The minimum absolute atomic E-state index is 0.318. The van der Waals surface area contributed by atoms with E-state index in [-0.39, 0.29) is 6.23 Å². The van der Waals surface area contributed by atoms with E-state index in [9.17, 15) is 4.79 Å². The highest BCUT2D eigenvalue weighted by molar-refractivity contribution is 5.64. The van der Waals surface area contributed by atoms with Gasteiger partial charge < -0.3 is 10.5 Å². The fourth-order valence-electron chi connectivity index (χ4n) is 1.18. The molecule has 1 saturated heterocycles. The second-order valence-corrected chi connectivity index (χ2v) is 2.63. The molecule has 64 valence electrons. The summed E-state index contributed by atoms with van der Waals surface area (Å²) < 4.78 is 4.74. The van der Waals surface area contributed by atoms with Crippen LogP contribution in [0.1, 0.15) is 19.3 Å². The van der Waals surface area contributed by atoms with E-state index in [1.54, 1.807) is 0 Å². The molecule has 1 heterocycles. The fourth-order valence-corrected chi connectivity index (χ4v) is 1.18. The Morgan fingerprint density at radius 2 is 2.27 bits per heavy atom. The molecular weight excluding hydrogens is 146 g/mol. The number of carbonyl (C=O) groups excluding carboxylic acids is 1. The lowest BCUT2D eigenvalue weighted by atomic mass is 10.1. The molecule has 1 fully saturated rings. The van der Waals surface area contributed by atoms with Crippen molar-refractivity contribution in [2.75, 3.05) is 6.54 Å². The van der Waals surface area contributed by atoms with Gasteiger partial charge in [0.05, 0.1) is 0 Å². The van der Waals surface area contributed by atoms with Crippen molar-refractivity contribution in [3.63, 3.8) is 0 Å². The van der Waals surface area contributed by atoms with Crippen molar-refractivity contribution in [1.82, 2.24) is 5.01 Å². The molecule has 1 atom stereocenters. The molecule has 1 aliphatic rings. The molecule has 5 heteroatoms. The maximum absolute atomic E-state index is 10.3. The summed E-state index contributed by atoms with van der Waals surface area (Å²) in [6, 6.07) is 0. The van der Waals surface area contributed by atoms with Gasteiger partial charge in [0.2, 0.25) is 0 Å². The summed E-state index contributed by atoms with van der Waals surface area (Å²) in [6.45, 7) is 0.762. The first-order valence-electron chi connectivity index (χ1n) is 3.67. The minimum Gasteiger partial charge on any atom is -0.429 e. The van der Waals surface area contributed by atoms with Crippen LogP contribution in [0.4, 0.5) is 4.79 Å². The third-order valence-electron chi connectivity index (χ3n) is 1.74. The van der Waals surface area contributed by atoms with Gasteiger partial charge in [-0.25, -0.2) is 9.80 Å². The van der Waals surface area contributed by atoms with E-state index in [0.717, 1.165) is 25.8 Å². The van der Waals surface area contributed by atoms with Crippen LogP contribution < -0.4 is 11.6 Å². The number of piperidine rings is 1. The molecule has 0 radical (unpaired) electrons.